The average molecular weight is 1090 g/mol. The molecule has 444 valence electrons. The second-order valence-electron chi connectivity index (χ2n) is 20.6. The number of hydrogen-bond donors (Lipinski definition) is 0. The second-order valence-corrected chi connectivity index (χ2v) is 20.6. The molecule has 0 N–H and O–H groups in total. The molecule has 0 aromatic heterocycles. The third kappa shape index (κ3) is 63.7. The van der Waals surface area contributed by atoms with Crippen molar-refractivity contribution in [3.8, 4) is 0 Å². The highest BCUT2D eigenvalue weighted by Crippen LogP contribution is 2.15. The Kier molecular flexibility index (Phi) is 61.4. The molecule has 0 bridgehead atoms. The van der Waals surface area contributed by atoms with Crippen LogP contribution in [0, 0.1) is 0 Å². The van der Waals surface area contributed by atoms with Gasteiger partial charge in [0.25, 0.3) is 0 Å². The van der Waals surface area contributed by atoms with Gasteiger partial charge >= 0.3 is 17.9 Å². The number of esters is 3. The molecule has 0 rings (SSSR count). The monoisotopic (exact) mass is 1090 g/mol. The van der Waals surface area contributed by atoms with Crippen molar-refractivity contribution in [2.45, 2.75) is 271 Å². The van der Waals surface area contributed by atoms with Crippen molar-refractivity contribution in [1.82, 2.24) is 0 Å². The lowest BCUT2D eigenvalue weighted by Crippen LogP contribution is -2.30. The zero-order valence-corrected chi connectivity index (χ0v) is 50.8. The Hall–Kier alpha value is -4.97. The van der Waals surface area contributed by atoms with Gasteiger partial charge in [-0.05, 0) is 128 Å². The predicted molar refractivity (Wildman–Crippen MR) is 343 cm³/mol. The van der Waals surface area contributed by atoms with Gasteiger partial charge in [-0.3, -0.25) is 14.4 Å². The summed E-state index contributed by atoms with van der Waals surface area (Å²) in [5.74, 6) is -0.944. The quantitative estimate of drug-likeness (QED) is 0.0261. The molecule has 0 saturated heterocycles. The van der Waals surface area contributed by atoms with Crippen molar-refractivity contribution < 1.29 is 28.6 Å². The first-order chi connectivity index (χ1) is 39.0. The minimum Gasteiger partial charge on any atom is -0.462 e. The predicted octanol–water partition coefficient (Wildman–Crippen LogP) is 22.1. The van der Waals surface area contributed by atoms with E-state index in [1.54, 1.807) is 0 Å². The van der Waals surface area contributed by atoms with E-state index < -0.39 is 6.10 Å². The molecule has 0 heterocycles. The highest BCUT2D eigenvalue weighted by atomic mass is 16.6. The number of carbonyl (C=O) groups is 3. The number of rotatable bonds is 56. The van der Waals surface area contributed by atoms with Crippen LogP contribution >= 0.6 is 0 Å². The first-order valence-corrected chi connectivity index (χ1v) is 32.0. The van der Waals surface area contributed by atoms with Gasteiger partial charge in [-0.25, -0.2) is 0 Å². The van der Waals surface area contributed by atoms with Crippen molar-refractivity contribution in [3.05, 3.63) is 158 Å². The molecule has 6 heteroatoms. The molecule has 0 aromatic carbocycles. The molecule has 0 radical (unpaired) electrons. The summed E-state index contributed by atoms with van der Waals surface area (Å²) >= 11 is 0. The maximum absolute atomic E-state index is 12.9. The largest absolute Gasteiger partial charge is 0.462 e. The average Bonchev–Trinajstić information content (AvgIpc) is 3.45. The Bertz CT molecular complexity index is 1780. The molecule has 1 unspecified atom stereocenters. The van der Waals surface area contributed by atoms with Gasteiger partial charge in [-0.1, -0.05) is 275 Å². The molecule has 0 saturated carbocycles. The smallest absolute Gasteiger partial charge is 0.306 e. The van der Waals surface area contributed by atoms with Crippen LogP contribution in [0.5, 0.6) is 0 Å². The van der Waals surface area contributed by atoms with Crippen LogP contribution in [0.4, 0.5) is 0 Å². The number of unbranched alkanes of at least 4 members (excludes halogenated alkanes) is 19. The molecule has 0 aliphatic carbocycles. The van der Waals surface area contributed by atoms with Crippen LogP contribution in [0.2, 0.25) is 0 Å². The van der Waals surface area contributed by atoms with Crippen molar-refractivity contribution >= 4 is 17.9 Å². The van der Waals surface area contributed by atoms with Crippen molar-refractivity contribution in [3.63, 3.8) is 0 Å². The maximum atomic E-state index is 12.9. The second kappa shape index (κ2) is 65.5. The first-order valence-electron chi connectivity index (χ1n) is 32.0. The van der Waals surface area contributed by atoms with E-state index in [9.17, 15) is 14.4 Å². The van der Waals surface area contributed by atoms with E-state index in [0.717, 1.165) is 148 Å². The van der Waals surface area contributed by atoms with Gasteiger partial charge in [0.1, 0.15) is 13.2 Å². The molecule has 0 aliphatic rings. The lowest BCUT2D eigenvalue weighted by atomic mass is 10.0. The van der Waals surface area contributed by atoms with E-state index in [2.05, 4.69) is 179 Å². The van der Waals surface area contributed by atoms with Gasteiger partial charge in [-0.2, -0.15) is 0 Å². The first kappa shape index (κ1) is 74.0. The zero-order chi connectivity index (χ0) is 57.1. The van der Waals surface area contributed by atoms with Crippen LogP contribution in [0.3, 0.4) is 0 Å². The third-order valence-corrected chi connectivity index (χ3v) is 13.0. The standard InChI is InChI=1S/C73H116O6/c1-4-7-10-13-16-18-20-22-24-26-28-30-32-33-34-35-36-37-38-39-41-42-44-46-48-50-52-54-57-60-63-66-72(75)78-69-70(68-77-71(74)65-62-59-56-15-12-9-6-3)79-73(76)67-64-61-58-55-53-51-49-47-45-43-40-31-29-27-25-23-21-19-17-14-11-8-5-2/h7-8,10-11,16-19,22-25,28-31,33-34,36-37,39,41,44,46,50,52,70H,4-6,9,12-15,20-21,26-27,32,35,38,40,42-43,45,47-49,51,53-69H2,1-3H3/b10-7-,11-8-,18-16-,19-17-,24-22-,25-23-,30-28-,31-29-,34-33-,37-36-,41-39-,46-44-,52-50-. The van der Waals surface area contributed by atoms with Gasteiger partial charge in [0.2, 0.25) is 0 Å². The third-order valence-electron chi connectivity index (χ3n) is 13.0. The summed E-state index contributed by atoms with van der Waals surface area (Å²) in [6.45, 7) is 6.33. The number of allylic oxidation sites excluding steroid dienone is 26. The van der Waals surface area contributed by atoms with E-state index in [1.165, 1.54) is 77.0 Å². The molecule has 6 nitrogen and oxygen atoms in total. The minimum atomic E-state index is -0.799. The van der Waals surface area contributed by atoms with Crippen LogP contribution < -0.4 is 0 Å². The number of ether oxygens (including phenoxy) is 3. The fourth-order valence-electron chi connectivity index (χ4n) is 8.31. The summed E-state index contributed by atoms with van der Waals surface area (Å²) < 4.78 is 16.8. The fraction of sp³-hybridized carbons (Fsp3) is 0.603. The van der Waals surface area contributed by atoms with E-state index in [4.69, 9.17) is 14.2 Å². The highest BCUT2D eigenvalue weighted by Gasteiger charge is 2.19. The topological polar surface area (TPSA) is 78.9 Å². The fourth-order valence-corrected chi connectivity index (χ4v) is 8.31. The summed E-state index contributed by atoms with van der Waals surface area (Å²) in [4.78, 5) is 38.1. The molecule has 79 heavy (non-hydrogen) atoms. The summed E-state index contributed by atoms with van der Waals surface area (Å²) in [6, 6.07) is 0. The molecular formula is C73H116O6. The summed E-state index contributed by atoms with van der Waals surface area (Å²) in [7, 11) is 0. The Labute approximate surface area is 486 Å². The Morgan fingerprint density at radius 3 is 0.785 bits per heavy atom. The summed E-state index contributed by atoms with van der Waals surface area (Å²) in [5.41, 5.74) is 0. The Morgan fingerprint density at radius 1 is 0.266 bits per heavy atom. The molecular weight excluding hydrogens is 973 g/mol. The molecule has 0 spiro atoms. The molecule has 0 amide bonds. The van der Waals surface area contributed by atoms with E-state index in [1.807, 2.05) is 0 Å². The van der Waals surface area contributed by atoms with Gasteiger partial charge in [0, 0.05) is 19.3 Å². The lowest BCUT2D eigenvalue weighted by Gasteiger charge is -2.18. The maximum Gasteiger partial charge on any atom is 0.306 e. The van der Waals surface area contributed by atoms with Gasteiger partial charge in [-0.15, -0.1) is 0 Å². The molecule has 0 fully saturated rings. The summed E-state index contributed by atoms with van der Waals surface area (Å²) in [5, 5.41) is 0. The number of hydrogen-bond acceptors (Lipinski definition) is 6. The van der Waals surface area contributed by atoms with Crippen LogP contribution in [0.25, 0.3) is 0 Å². The normalized spacial score (nSPS) is 13.2. The van der Waals surface area contributed by atoms with Crippen LogP contribution in [-0.2, 0) is 28.6 Å². The Balaban J connectivity index is 4.26. The SMILES string of the molecule is CC/C=C\C/C=C\C/C=C\C/C=C\C/C=C\C/C=C\C/C=C\C/C=C\C/C=C\CCCCCC(=O)OCC(COC(=O)CCCCCCCCC)OC(=O)CCCCCCCCCCCC/C=C\C/C=C\C/C=C\C/C=C\CC. The van der Waals surface area contributed by atoms with Crippen LogP contribution in [0.15, 0.2) is 158 Å². The van der Waals surface area contributed by atoms with Gasteiger partial charge in [0.15, 0.2) is 6.10 Å². The van der Waals surface area contributed by atoms with E-state index in [-0.39, 0.29) is 31.1 Å². The van der Waals surface area contributed by atoms with E-state index in [0.29, 0.717) is 19.3 Å². The molecule has 0 aliphatic heterocycles. The van der Waals surface area contributed by atoms with Crippen LogP contribution in [-0.4, -0.2) is 37.2 Å². The van der Waals surface area contributed by atoms with Crippen molar-refractivity contribution in [2.24, 2.45) is 0 Å². The minimum absolute atomic E-state index is 0.0952. The number of carbonyl (C=O) groups excluding carboxylic acids is 3. The lowest BCUT2D eigenvalue weighted by molar-refractivity contribution is -0.167. The summed E-state index contributed by atoms with van der Waals surface area (Å²) in [6.07, 6.45) is 95.6. The highest BCUT2D eigenvalue weighted by molar-refractivity contribution is 5.71. The van der Waals surface area contributed by atoms with Crippen molar-refractivity contribution in [2.75, 3.05) is 13.2 Å². The van der Waals surface area contributed by atoms with Gasteiger partial charge in [0.05, 0.1) is 0 Å². The van der Waals surface area contributed by atoms with E-state index >= 15 is 0 Å². The van der Waals surface area contributed by atoms with Gasteiger partial charge < -0.3 is 14.2 Å². The molecule has 1 atom stereocenters. The van der Waals surface area contributed by atoms with Crippen molar-refractivity contribution in [1.29, 1.82) is 0 Å². The Morgan fingerprint density at radius 2 is 0.494 bits per heavy atom. The van der Waals surface area contributed by atoms with Crippen LogP contribution in [0.1, 0.15) is 265 Å². The molecule has 0 aromatic rings. The zero-order valence-electron chi connectivity index (χ0n) is 50.8.